The smallest absolute Gasteiger partial charge is 0.209 e. The third-order valence-electron chi connectivity index (χ3n) is 4.17. The number of para-hydroxylation sites is 1. The number of rotatable bonds is 6. The van der Waals surface area contributed by atoms with E-state index in [0.29, 0.717) is 27.2 Å². The zero-order chi connectivity index (χ0) is 18.0. The zero-order valence-corrected chi connectivity index (χ0v) is 16.9. The molecule has 0 amide bonds. The molecule has 0 spiro atoms. The monoisotopic (exact) mass is 418 g/mol. The van der Waals surface area contributed by atoms with Gasteiger partial charge in [0.25, 0.3) is 0 Å². The molecule has 1 N–H and O–H groups in total. The van der Waals surface area contributed by atoms with Crippen LogP contribution < -0.4 is 5.32 Å². The Labute approximate surface area is 161 Å². The van der Waals surface area contributed by atoms with Crippen molar-refractivity contribution in [1.82, 2.24) is 14.7 Å². The number of hydrogen-bond acceptors (Lipinski definition) is 7. The van der Waals surface area contributed by atoms with Gasteiger partial charge < -0.3 is 5.32 Å². The number of hydrogen-bond donors (Lipinski definition) is 1. The van der Waals surface area contributed by atoms with Gasteiger partial charge in [0.05, 0.1) is 28.9 Å². The summed E-state index contributed by atoms with van der Waals surface area (Å²) in [7, 11) is -2.92. The summed E-state index contributed by atoms with van der Waals surface area (Å²) >= 11 is 12.9. The number of sulfone groups is 1. The zero-order valence-electron chi connectivity index (χ0n) is 13.7. The van der Waals surface area contributed by atoms with Crippen molar-refractivity contribution in [3.63, 3.8) is 0 Å². The molecule has 10 heteroatoms. The highest BCUT2D eigenvalue weighted by Crippen LogP contribution is 2.27. The quantitative estimate of drug-likeness (QED) is 0.723. The number of aromatic nitrogens is 2. The maximum Gasteiger partial charge on any atom is 0.209 e. The summed E-state index contributed by atoms with van der Waals surface area (Å²) in [5, 5.41) is 8.97. The molecule has 1 aromatic heterocycles. The Morgan fingerprint density at radius 2 is 2.24 bits per heavy atom. The first-order chi connectivity index (χ1) is 11.9. The molecule has 0 bridgehead atoms. The predicted molar refractivity (Wildman–Crippen MR) is 105 cm³/mol. The Hall–Kier alpha value is -1.00. The number of anilines is 2. The van der Waals surface area contributed by atoms with Gasteiger partial charge in [-0.25, -0.2) is 13.1 Å². The van der Waals surface area contributed by atoms with Crippen LogP contribution in [0.15, 0.2) is 24.3 Å². The minimum Gasteiger partial charge on any atom is -0.329 e. The van der Waals surface area contributed by atoms with Crippen molar-refractivity contribution >= 4 is 55.8 Å². The molecule has 0 saturated carbocycles. The Kier molecular flexibility index (Phi) is 5.79. The molecule has 1 atom stereocenters. The fraction of sp³-hybridized carbons (Fsp3) is 0.467. The normalized spacial score (nSPS) is 19.4. The second kappa shape index (κ2) is 7.71. The van der Waals surface area contributed by atoms with Crippen LogP contribution in [-0.4, -0.2) is 47.2 Å². The highest BCUT2D eigenvalue weighted by atomic mass is 35.5. The van der Waals surface area contributed by atoms with Crippen molar-refractivity contribution in [2.24, 2.45) is 0 Å². The Morgan fingerprint density at radius 1 is 1.48 bits per heavy atom. The van der Waals surface area contributed by atoms with Gasteiger partial charge in [0, 0.05) is 6.04 Å². The molecule has 136 valence electrons. The molecular weight excluding hydrogens is 400 g/mol. The van der Waals surface area contributed by atoms with E-state index in [1.54, 1.807) is 10.7 Å². The molecule has 3 rings (SSSR count). The van der Waals surface area contributed by atoms with Crippen molar-refractivity contribution in [3.8, 4) is 0 Å². The average Bonchev–Trinajstić information content (AvgIpc) is 3.09. The van der Waals surface area contributed by atoms with Crippen molar-refractivity contribution in [2.45, 2.75) is 26.1 Å². The molecule has 1 aliphatic rings. The van der Waals surface area contributed by atoms with Crippen LogP contribution in [0.5, 0.6) is 0 Å². The van der Waals surface area contributed by atoms with Crippen LogP contribution >= 0.6 is 35.2 Å². The molecular formula is C15H19ClN4O2S3. The summed E-state index contributed by atoms with van der Waals surface area (Å²) in [5.41, 5.74) is 0.773. The highest BCUT2D eigenvalue weighted by Gasteiger charge is 2.31. The van der Waals surface area contributed by atoms with Gasteiger partial charge in [-0.05, 0) is 37.3 Å². The van der Waals surface area contributed by atoms with E-state index >= 15 is 0 Å². The largest absolute Gasteiger partial charge is 0.329 e. The lowest BCUT2D eigenvalue weighted by Crippen LogP contribution is -2.37. The van der Waals surface area contributed by atoms with Crippen LogP contribution in [0, 0.1) is 3.95 Å². The van der Waals surface area contributed by atoms with Crippen LogP contribution in [0.25, 0.3) is 0 Å². The second-order valence-corrected chi connectivity index (χ2v) is 10.1. The number of halogens is 1. The first kappa shape index (κ1) is 18.8. The molecule has 1 aliphatic heterocycles. The van der Waals surface area contributed by atoms with Crippen molar-refractivity contribution in [1.29, 1.82) is 0 Å². The summed E-state index contributed by atoms with van der Waals surface area (Å²) in [6.07, 6.45) is 0.665. The molecule has 1 saturated heterocycles. The minimum atomic E-state index is -2.92. The molecule has 0 unspecified atom stereocenters. The van der Waals surface area contributed by atoms with Crippen molar-refractivity contribution < 1.29 is 8.42 Å². The lowest BCUT2D eigenvalue weighted by molar-refractivity contribution is 0.165. The third kappa shape index (κ3) is 4.59. The highest BCUT2D eigenvalue weighted by molar-refractivity contribution is 7.91. The Balaban J connectivity index is 1.74. The topological polar surface area (TPSA) is 67.2 Å². The SMILES string of the molecule is CCN(Cn1nc(Nc2ccccc2Cl)sc1=S)[C@H]1CCS(=O)(=O)C1. The molecule has 6 nitrogen and oxygen atoms in total. The predicted octanol–water partition coefficient (Wildman–Crippen LogP) is 3.54. The summed E-state index contributed by atoms with van der Waals surface area (Å²) in [5.74, 6) is 0.471. The lowest BCUT2D eigenvalue weighted by atomic mass is 10.2. The lowest BCUT2D eigenvalue weighted by Gasteiger charge is -2.25. The molecule has 2 aromatic rings. The maximum atomic E-state index is 11.7. The van der Waals surface area contributed by atoms with Gasteiger partial charge in [-0.1, -0.05) is 42.0 Å². The average molecular weight is 419 g/mol. The number of nitrogens with one attached hydrogen (secondary N) is 1. The van der Waals surface area contributed by atoms with Gasteiger partial charge in [-0.15, -0.1) is 5.10 Å². The van der Waals surface area contributed by atoms with Gasteiger partial charge >= 0.3 is 0 Å². The van der Waals surface area contributed by atoms with Gasteiger partial charge in [-0.2, -0.15) is 0 Å². The molecule has 2 heterocycles. The van der Waals surface area contributed by atoms with E-state index in [1.807, 2.05) is 25.1 Å². The second-order valence-electron chi connectivity index (χ2n) is 5.88. The first-order valence-electron chi connectivity index (χ1n) is 7.92. The van der Waals surface area contributed by atoms with Gasteiger partial charge in [0.15, 0.2) is 13.8 Å². The van der Waals surface area contributed by atoms with E-state index < -0.39 is 9.84 Å². The molecule has 25 heavy (non-hydrogen) atoms. The number of benzene rings is 1. The number of nitrogens with zero attached hydrogens (tertiary/aromatic N) is 3. The maximum absolute atomic E-state index is 11.7. The van der Waals surface area contributed by atoms with E-state index in [-0.39, 0.29) is 17.5 Å². The fourth-order valence-corrected chi connectivity index (χ4v) is 5.78. The Bertz CT molecular complexity index is 909. The Morgan fingerprint density at radius 3 is 2.88 bits per heavy atom. The van der Waals surface area contributed by atoms with Crippen molar-refractivity contribution in [3.05, 3.63) is 33.2 Å². The summed E-state index contributed by atoms with van der Waals surface area (Å²) < 4.78 is 25.8. The van der Waals surface area contributed by atoms with Gasteiger partial charge in [-0.3, -0.25) is 4.90 Å². The fourth-order valence-electron chi connectivity index (χ4n) is 2.83. The van der Waals surface area contributed by atoms with E-state index in [9.17, 15) is 8.42 Å². The van der Waals surface area contributed by atoms with E-state index in [0.717, 1.165) is 12.2 Å². The summed E-state index contributed by atoms with van der Waals surface area (Å²) in [6, 6.07) is 7.46. The summed E-state index contributed by atoms with van der Waals surface area (Å²) in [6.45, 7) is 3.24. The summed E-state index contributed by atoms with van der Waals surface area (Å²) in [4.78, 5) is 2.11. The van der Waals surface area contributed by atoms with Gasteiger partial charge in [0.1, 0.15) is 0 Å². The van der Waals surface area contributed by atoms with Crippen LogP contribution in [-0.2, 0) is 16.5 Å². The molecule has 1 aromatic carbocycles. The van der Waals surface area contributed by atoms with Crippen LogP contribution in [0.2, 0.25) is 5.02 Å². The van der Waals surface area contributed by atoms with Crippen LogP contribution in [0.4, 0.5) is 10.8 Å². The van der Waals surface area contributed by atoms with Crippen molar-refractivity contribution in [2.75, 3.05) is 23.4 Å². The molecule has 1 fully saturated rings. The van der Waals surface area contributed by atoms with Gasteiger partial charge in [0.2, 0.25) is 5.13 Å². The van der Waals surface area contributed by atoms with E-state index in [4.69, 9.17) is 23.8 Å². The first-order valence-corrected chi connectivity index (χ1v) is 11.3. The minimum absolute atomic E-state index is 0.0265. The molecule has 0 radical (unpaired) electrons. The van der Waals surface area contributed by atoms with Crippen LogP contribution in [0.1, 0.15) is 13.3 Å². The van der Waals surface area contributed by atoms with E-state index in [2.05, 4.69) is 15.3 Å². The van der Waals surface area contributed by atoms with Crippen LogP contribution in [0.3, 0.4) is 0 Å². The standard InChI is InChI=1S/C15H19ClN4O2S3/c1-2-19(11-7-8-25(21,22)9-11)10-20-15(23)24-14(18-20)17-13-6-4-3-5-12(13)16/h3-6,11H,2,7-10H2,1H3,(H,17,18)/t11-/m0/s1. The molecule has 0 aliphatic carbocycles. The third-order valence-corrected chi connectivity index (χ3v) is 7.47. The van der Waals surface area contributed by atoms with E-state index in [1.165, 1.54) is 11.3 Å².